The zero-order chi connectivity index (χ0) is 13.8. The molecule has 0 radical (unpaired) electrons. The Balaban J connectivity index is 2.24. The molecule has 4 nitrogen and oxygen atoms in total. The molecule has 0 aliphatic heterocycles. The van der Waals surface area contributed by atoms with Crippen molar-refractivity contribution in [2.45, 2.75) is 26.7 Å². The summed E-state index contributed by atoms with van der Waals surface area (Å²) in [5.41, 5.74) is 2.50. The molecule has 1 heterocycles. The number of aromatic amines is 1. The Morgan fingerprint density at radius 3 is 2.84 bits per heavy atom. The second-order valence-electron chi connectivity index (χ2n) is 4.67. The summed E-state index contributed by atoms with van der Waals surface area (Å²) in [7, 11) is 0. The van der Waals surface area contributed by atoms with Gasteiger partial charge in [0.15, 0.2) is 0 Å². The molecule has 2 aromatic rings. The molecule has 0 saturated carbocycles. The second kappa shape index (κ2) is 5.69. The van der Waals surface area contributed by atoms with E-state index >= 15 is 0 Å². The third-order valence-corrected chi connectivity index (χ3v) is 3.07. The van der Waals surface area contributed by atoms with E-state index in [-0.39, 0.29) is 11.5 Å². The van der Waals surface area contributed by atoms with E-state index in [1.165, 1.54) is 0 Å². The third kappa shape index (κ3) is 3.22. The summed E-state index contributed by atoms with van der Waals surface area (Å²) in [4.78, 5) is 26.2. The molecule has 0 bridgehead atoms. The van der Waals surface area contributed by atoms with Gasteiger partial charge in [0.2, 0.25) is 5.91 Å². The second-order valence-corrected chi connectivity index (χ2v) is 4.67. The molecule has 0 saturated heterocycles. The predicted molar refractivity (Wildman–Crippen MR) is 76.3 cm³/mol. The normalized spacial score (nSPS) is 10.6. The fraction of sp³-hybridized carbons (Fsp3) is 0.333. The fourth-order valence-corrected chi connectivity index (χ4v) is 2.08. The van der Waals surface area contributed by atoms with Crippen LogP contribution < -0.4 is 10.9 Å². The van der Waals surface area contributed by atoms with E-state index in [1.54, 1.807) is 0 Å². The van der Waals surface area contributed by atoms with E-state index in [0.29, 0.717) is 24.9 Å². The van der Waals surface area contributed by atoms with Gasteiger partial charge in [-0.05, 0) is 43.4 Å². The maximum absolute atomic E-state index is 11.9. The molecular weight excluding hydrogens is 240 g/mol. The van der Waals surface area contributed by atoms with Crippen molar-refractivity contribution in [1.82, 2.24) is 10.3 Å². The molecule has 2 rings (SSSR count). The van der Waals surface area contributed by atoms with E-state index in [2.05, 4.69) is 10.3 Å². The van der Waals surface area contributed by atoms with Crippen LogP contribution in [0.15, 0.2) is 29.1 Å². The Morgan fingerprint density at radius 2 is 2.11 bits per heavy atom. The molecule has 2 N–H and O–H groups in total. The maximum Gasteiger partial charge on any atom is 0.251 e. The average molecular weight is 258 g/mol. The lowest BCUT2D eigenvalue weighted by Gasteiger charge is -2.04. The highest BCUT2D eigenvalue weighted by atomic mass is 16.1. The molecule has 0 aliphatic rings. The first-order chi connectivity index (χ1) is 9.10. The minimum atomic E-state index is -0.109. The van der Waals surface area contributed by atoms with Gasteiger partial charge in [0, 0.05) is 24.0 Å². The van der Waals surface area contributed by atoms with Crippen LogP contribution in [0, 0.1) is 6.92 Å². The van der Waals surface area contributed by atoms with Crippen LogP contribution in [0.2, 0.25) is 0 Å². The van der Waals surface area contributed by atoms with Gasteiger partial charge in [0.1, 0.15) is 0 Å². The number of hydrogen-bond donors (Lipinski definition) is 2. The zero-order valence-electron chi connectivity index (χ0n) is 11.2. The van der Waals surface area contributed by atoms with Crippen molar-refractivity contribution < 1.29 is 4.79 Å². The first kappa shape index (κ1) is 13.3. The highest BCUT2D eigenvalue weighted by molar-refractivity contribution is 5.80. The molecule has 1 amide bonds. The number of carbonyl (C=O) groups excluding carboxylic acids is 1. The van der Waals surface area contributed by atoms with Gasteiger partial charge in [-0.2, -0.15) is 0 Å². The molecule has 19 heavy (non-hydrogen) atoms. The number of hydrogen-bond acceptors (Lipinski definition) is 2. The number of carbonyl (C=O) groups is 1. The molecule has 0 atom stereocenters. The van der Waals surface area contributed by atoms with E-state index in [1.807, 2.05) is 38.1 Å². The van der Waals surface area contributed by atoms with E-state index < -0.39 is 0 Å². The van der Waals surface area contributed by atoms with Gasteiger partial charge >= 0.3 is 0 Å². The summed E-state index contributed by atoms with van der Waals surface area (Å²) in [5, 5.41) is 3.73. The Bertz CT molecular complexity index is 659. The van der Waals surface area contributed by atoms with Crippen molar-refractivity contribution in [3.63, 3.8) is 0 Å². The molecule has 0 spiro atoms. The standard InChI is InChI=1S/C15H18N2O2/c1-3-16-14(18)7-6-12-9-11-5-4-10(2)8-13(11)17-15(12)19/h4-5,8-9H,3,6-7H2,1-2H3,(H,16,18)(H,17,19). The Kier molecular flexibility index (Phi) is 4.00. The molecule has 100 valence electrons. The van der Waals surface area contributed by atoms with Crippen molar-refractivity contribution in [2.24, 2.45) is 0 Å². The number of pyridine rings is 1. The van der Waals surface area contributed by atoms with Gasteiger partial charge in [-0.25, -0.2) is 0 Å². The number of benzene rings is 1. The number of H-pyrrole nitrogens is 1. The number of rotatable bonds is 4. The van der Waals surface area contributed by atoms with Crippen molar-refractivity contribution in [3.8, 4) is 0 Å². The quantitative estimate of drug-likeness (QED) is 0.880. The van der Waals surface area contributed by atoms with Crippen LogP contribution in [0.25, 0.3) is 10.9 Å². The molecule has 1 aromatic carbocycles. The highest BCUT2D eigenvalue weighted by Crippen LogP contribution is 2.13. The maximum atomic E-state index is 11.9. The van der Waals surface area contributed by atoms with Crippen LogP contribution in [-0.2, 0) is 11.2 Å². The lowest BCUT2D eigenvalue weighted by atomic mass is 10.1. The number of fused-ring (bicyclic) bond motifs is 1. The molecule has 0 aliphatic carbocycles. The lowest BCUT2D eigenvalue weighted by Crippen LogP contribution is -2.24. The molecular formula is C15H18N2O2. The first-order valence-electron chi connectivity index (χ1n) is 6.49. The molecule has 0 fully saturated rings. The predicted octanol–water partition coefficient (Wildman–Crippen LogP) is 1.91. The third-order valence-electron chi connectivity index (χ3n) is 3.07. The first-order valence-corrected chi connectivity index (χ1v) is 6.49. The monoisotopic (exact) mass is 258 g/mol. The summed E-state index contributed by atoms with van der Waals surface area (Å²) >= 11 is 0. The van der Waals surface area contributed by atoms with Crippen LogP contribution in [0.5, 0.6) is 0 Å². The highest BCUT2D eigenvalue weighted by Gasteiger charge is 2.06. The van der Waals surface area contributed by atoms with Gasteiger partial charge in [0.25, 0.3) is 5.56 Å². The van der Waals surface area contributed by atoms with Gasteiger partial charge in [-0.15, -0.1) is 0 Å². The van der Waals surface area contributed by atoms with Crippen LogP contribution in [0.1, 0.15) is 24.5 Å². The van der Waals surface area contributed by atoms with Gasteiger partial charge in [0.05, 0.1) is 0 Å². The summed E-state index contributed by atoms with van der Waals surface area (Å²) in [6.45, 7) is 4.48. The van der Waals surface area contributed by atoms with Crippen molar-refractivity contribution in [2.75, 3.05) is 6.54 Å². The molecule has 1 aromatic heterocycles. The smallest absolute Gasteiger partial charge is 0.251 e. The van der Waals surface area contributed by atoms with Gasteiger partial charge < -0.3 is 10.3 Å². The summed E-state index contributed by atoms with van der Waals surface area (Å²) in [5.74, 6) is -0.0223. The van der Waals surface area contributed by atoms with Gasteiger partial charge in [-0.1, -0.05) is 12.1 Å². The van der Waals surface area contributed by atoms with Crippen LogP contribution in [0.4, 0.5) is 0 Å². The molecule has 4 heteroatoms. The van der Waals surface area contributed by atoms with Crippen LogP contribution in [0.3, 0.4) is 0 Å². The average Bonchev–Trinajstić information content (AvgIpc) is 2.36. The van der Waals surface area contributed by atoms with E-state index in [9.17, 15) is 9.59 Å². The van der Waals surface area contributed by atoms with Gasteiger partial charge in [-0.3, -0.25) is 9.59 Å². The van der Waals surface area contributed by atoms with Crippen molar-refractivity contribution >= 4 is 16.8 Å². The number of amides is 1. The zero-order valence-corrected chi connectivity index (χ0v) is 11.2. The lowest BCUT2D eigenvalue weighted by molar-refractivity contribution is -0.120. The Morgan fingerprint density at radius 1 is 1.32 bits per heavy atom. The fourth-order valence-electron chi connectivity index (χ4n) is 2.08. The topological polar surface area (TPSA) is 62.0 Å². The number of nitrogens with one attached hydrogen (secondary N) is 2. The van der Waals surface area contributed by atoms with Crippen molar-refractivity contribution in [3.05, 3.63) is 45.7 Å². The minimum Gasteiger partial charge on any atom is -0.356 e. The van der Waals surface area contributed by atoms with E-state index in [0.717, 1.165) is 16.5 Å². The Hall–Kier alpha value is -2.10. The Labute approximate surface area is 111 Å². The summed E-state index contributed by atoms with van der Waals surface area (Å²) < 4.78 is 0. The number of aryl methyl sites for hydroxylation is 2. The summed E-state index contributed by atoms with van der Waals surface area (Å²) in [6, 6.07) is 7.81. The van der Waals surface area contributed by atoms with E-state index in [4.69, 9.17) is 0 Å². The van der Waals surface area contributed by atoms with Crippen molar-refractivity contribution in [1.29, 1.82) is 0 Å². The summed E-state index contributed by atoms with van der Waals surface area (Å²) in [6.07, 6.45) is 0.805. The SMILES string of the molecule is CCNC(=O)CCc1cc2ccc(C)cc2[nH]c1=O. The van der Waals surface area contributed by atoms with Crippen LogP contribution >= 0.6 is 0 Å². The molecule has 0 unspecified atom stereocenters. The van der Waals surface area contributed by atoms with Crippen LogP contribution in [-0.4, -0.2) is 17.4 Å². The minimum absolute atomic E-state index is 0.0223. The number of aromatic nitrogens is 1. The largest absolute Gasteiger partial charge is 0.356 e.